The van der Waals surface area contributed by atoms with Crippen molar-refractivity contribution in [2.75, 3.05) is 6.54 Å². The number of primary amides is 1. The molecule has 52 heavy (non-hydrogen) atoms. The number of likely N-dealkylation sites (tertiary alicyclic amines) is 1. The number of nitrogens with two attached hydrogens (primary N) is 4. The molecule has 3 aliphatic rings. The van der Waals surface area contributed by atoms with E-state index in [2.05, 4.69) is 99.5 Å². The summed E-state index contributed by atoms with van der Waals surface area (Å²) in [5.41, 5.74) is 20.0. The summed E-state index contributed by atoms with van der Waals surface area (Å²) < 4.78 is 0. The zero-order valence-corrected chi connectivity index (χ0v) is 31.4. The lowest BCUT2D eigenvalue weighted by atomic mass is 9.66. The van der Waals surface area contributed by atoms with Crippen LogP contribution >= 0.6 is 0 Å². The monoisotopic (exact) mass is 707 g/mol. The number of hydrogen-bond donors (Lipinski definition) is 6. The Morgan fingerprint density at radius 2 is 1.73 bits per heavy atom. The number of aryl methyl sites for hydroxylation is 2. The Hall–Kier alpha value is -5.36. The largest absolute Gasteiger partial charge is 0.403 e. The Labute approximate surface area is 310 Å². The summed E-state index contributed by atoms with van der Waals surface area (Å²) in [6, 6.07) is 15.5. The predicted octanol–water partition coefficient (Wildman–Crippen LogP) is 4.75. The number of terminal acetylenes is 1. The highest BCUT2D eigenvalue weighted by Gasteiger charge is 2.60. The van der Waals surface area contributed by atoms with Gasteiger partial charge in [0.2, 0.25) is 11.8 Å². The van der Waals surface area contributed by atoms with E-state index in [4.69, 9.17) is 23.2 Å². The van der Waals surface area contributed by atoms with E-state index in [1.54, 1.807) is 11.0 Å². The maximum atomic E-state index is 13.7. The van der Waals surface area contributed by atoms with Crippen LogP contribution in [0.3, 0.4) is 0 Å². The van der Waals surface area contributed by atoms with Crippen LogP contribution in [0.4, 0.5) is 0 Å². The Bertz CT molecular complexity index is 1700. The molecule has 0 spiro atoms. The predicted molar refractivity (Wildman–Crippen MR) is 211 cm³/mol. The van der Waals surface area contributed by atoms with Crippen LogP contribution in [0.1, 0.15) is 92.0 Å². The van der Waals surface area contributed by atoms with Gasteiger partial charge in [0.05, 0.1) is 18.0 Å². The first-order valence-corrected chi connectivity index (χ1v) is 17.5. The van der Waals surface area contributed by atoms with Crippen molar-refractivity contribution in [2.45, 2.75) is 90.3 Å². The Morgan fingerprint density at radius 1 is 1.12 bits per heavy atom. The van der Waals surface area contributed by atoms with Gasteiger partial charge in [-0.25, -0.2) is 5.84 Å². The molecule has 1 heterocycles. The van der Waals surface area contributed by atoms with Gasteiger partial charge in [-0.15, -0.1) is 26.0 Å². The van der Waals surface area contributed by atoms with Crippen LogP contribution in [0, 0.1) is 42.9 Å². The number of carbonyl (C=O) groups is 2. The number of amides is 2. The number of hydrogen-bond acceptors (Lipinski definition) is 8. The van der Waals surface area contributed by atoms with Crippen molar-refractivity contribution in [3.05, 3.63) is 107 Å². The molecule has 10 N–H and O–H groups in total. The van der Waals surface area contributed by atoms with E-state index in [9.17, 15) is 14.9 Å². The van der Waals surface area contributed by atoms with Crippen molar-refractivity contribution in [2.24, 2.45) is 40.1 Å². The van der Waals surface area contributed by atoms with Crippen LogP contribution in [0.5, 0.6) is 0 Å². The third-order valence-electron chi connectivity index (χ3n) is 10.6. The van der Waals surface area contributed by atoms with Gasteiger partial charge in [0, 0.05) is 23.3 Å². The number of amidine groups is 1. The number of hydrazone groups is 1. The highest BCUT2D eigenvalue weighted by atomic mass is 16.2. The molecule has 1 saturated carbocycles. The number of benzene rings is 2. The fourth-order valence-electron chi connectivity index (χ4n) is 7.47. The molecule has 11 nitrogen and oxygen atoms in total. The van der Waals surface area contributed by atoms with Gasteiger partial charge in [-0.2, -0.15) is 10.4 Å². The number of nitrogens with zero attached hydrogens (tertiary/aromatic N) is 3. The Kier molecular flexibility index (Phi) is 15.9. The SMILES string of the molecule is C#C.C=C.C=C(N)CC.CC1=C(C)C(C[C@H](NCC(=O)N2C(C#N)CC3C(C)C32)c2ccc(C)cc2)(/C(=N/N)NN)c2ccc(C(N)=O)cc2CC1. The fourth-order valence-corrected chi connectivity index (χ4v) is 7.47. The zero-order chi connectivity index (χ0) is 39.3. The molecule has 2 amide bonds. The lowest BCUT2D eigenvalue weighted by Gasteiger charge is -2.40. The molecule has 1 aliphatic heterocycles. The van der Waals surface area contributed by atoms with Crippen molar-refractivity contribution in [1.82, 2.24) is 15.6 Å². The minimum atomic E-state index is -0.903. The van der Waals surface area contributed by atoms with Crippen LogP contribution in [-0.2, 0) is 16.6 Å². The highest BCUT2D eigenvalue weighted by Crippen LogP contribution is 2.53. The van der Waals surface area contributed by atoms with Gasteiger partial charge < -0.3 is 33.0 Å². The first-order valence-electron chi connectivity index (χ1n) is 17.5. The zero-order valence-electron chi connectivity index (χ0n) is 31.4. The van der Waals surface area contributed by atoms with Gasteiger partial charge in [-0.1, -0.05) is 67.5 Å². The summed E-state index contributed by atoms with van der Waals surface area (Å²) in [4.78, 5) is 27.6. The van der Waals surface area contributed by atoms with Gasteiger partial charge in [-0.3, -0.25) is 9.59 Å². The van der Waals surface area contributed by atoms with Gasteiger partial charge in [-0.05, 0) is 93.5 Å². The lowest BCUT2D eigenvalue weighted by Crippen LogP contribution is -2.52. The molecule has 2 aromatic rings. The van der Waals surface area contributed by atoms with E-state index >= 15 is 0 Å². The third-order valence-corrected chi connectivity index (χ3v) is 10.6. The van der Waals surface area contributed by atoms with Crippen LogP contribution in [0.15, 0.2) is 84.1 Å². The molecule has 0 radical (unpaired) electrons. The number of carbonyl (C=O) groups excluding carboxylic acids is 2. The van der Waals surface area contributed by atoms with E-state index in [0.29, 0.717) is 36.1 Å². The molecule has 2 aliphatic carbocycles. The van der Waals surface area contributed by atoms with Crippen LogP contribution in [0.25, 0.3) is 0 Å². The summed E-state index contributed by atoms with van der Waals surface area (Å²) >= 11 is 0. The van der Waals surface area contributed by atoms with Crippen molar-refractivity contribution in [3.63, 3.8) is 0 Å². The maximum absolute atomic E-state index is 13.7. The van der Waals surface area contributed by atoms with Crippen molar-refractivity contribution in [3.8, 4) is 18.9 Å². The molecule has 2 aromatic carbocycles. The molecule has 278 valence electrons. The standard InChI is InChI=1S/C33H42N8O2.C4H9N.C2H4.C2H2/c1-18-5-8-22(9-6-18)28(38-17-29(42)41-25(16-34)14-26-20(3)30(26)41)15-33(32(39-36)40-37)21(4)19(2)7-10-23-13-24(31(35)43)11-12-27(23)33;1-3-4(2)5;2*1-2/h5-6,8-9,11-13,20,25-26,28,30,38H,7,10,14-15,17,36-37H2,1-4H3,(H2,35,43)(H,39,40);2-3,5H2,1H3;1-2H2;1-2H/t20?,25?,26?,28-,30?,33?;;;/m0.../s1. The minimum absolute atomic E-state index is 0.0725. The van der Waals surface area contributed by atoms with Gasteiger partial charge in [0.15, 0.2) is 5.84 Å². The van der Waals surface area contributed by atoms with E-state index in [0.717, 1.165) is 58.4 Å². The normalized spacial score (nSPS) is 23.2. The molecule has 0 bridgehead atoms. The molecule has 11 heteroatoms. The van der Waals surface area contributed by atoms with E-state index in [-0.39, 0.29) is 30.6 Å². The van der Waals surface area contributed by atoms with Crippen LogP contribution in [-0.4, -0.2) is 41.2 Å². The second-order valence-electron chi connectivity index (χ2n) is 13.4. The molecule has 5 rings (SSSR count). The summed E-state index contributed by atoms with van der Waals surface area (Å²) in [5.74, 6) is 12.8. The maximum Gasteiger partial charge on any atom is 0.248 e. The molecular weight excluding hydrogens is 651 g/mol. The molecule has 5 unspecified atom stereocenters. The number of hydrazine groups is 1. The second-order valence-corrected chi connectivity index (χ2v) is 13.4. The summed E-state index contributed by atoms with van der Waals surface area (Å²) in [7, 11) is 0. The van der Waals surface area contributed by atoms with E-state index in [1.165, 1.54) is 0 Å². The summed E-state index contributed by atoms with van der Waals surface area (Å²) in [5, 5.41) is 17.5. The second kappa shape index (κ2) is 19.3. The molecular formula is C41H57N9O2. The molecule has 6 atom stereocenters. The molecule has 1 saturated heterocycles. The van der Waals surface area contributed by atoms with Gasteiger partial charge in [0.25, 0.3) is 0 Å². The third kappa shape index (κ3) is 9.10. The van der Waals surface area contributed by atoms with Crippen LogP contribution < -0.4 is 33.9 Å². The van der Waals surface area contributed by atoms with Crippen molar-refractivity contribution >= 4 is 17.6 Å². The van der Waals surface area contributed by atoms with Gasteiger partial charge >= 0.3 is 0 Å². The fraction of sp³-hybridized carbons (Fsp3) is 0.415. The number of fused-ring (bicyclic) bond motifs is 2. The number of nitrogens with one attached hydrogen (secondary N) is 2. The quantitative estimate of drug-likeness (QED) is 0.0535. The first-order chi connectivity index (χ1) is 24.8. The van der Waals surface area contributed by atoms with E-state index in [1.807, 2.05) is 26.0 Å². The van der Waals surface area contributed by atoms with E-state index < -0.39 is 11.3 Å². The van der Waals surface area contributed by atoms with Crippen molar-refractivity contribution < 1.29 is 9.59 Å². The lowest BCUT2D eigenvalue weighted by molar-refractivity contribution is -0.131. The number of piperidine rings is 1. The van der Waals surface area contributed by atoms with Crippen molar-refractivity contribution in [1.29, 1.82) is 5.26 Å². The average molecular weight is 708 g/mol. The number of rotatable bonds is 9. The molecule has 0 aromatic heterocycles. The smallest absolute Gasteiger partial charge is 0.248 e. The number of nitriles is 1. The average Bonchev–Trinajstić information content (AvgIpc) is 3.62. The Balaban J connectivity index is 0.000000945. The topological polar surface area (TPSA) is 202 Å². The highest BCUT2D eigenvalue weighted by molar-refractivity contribution is 5.98. The number of allylic oxidation sites excluding steroid dienone is 2. The van der Waals surface area contributed by atoms with Gasteiger partial charge in [0.1, 0.15) is 6.04 Å². The molecule has 2 fully saturated rings. The summed E-state index contributed by atoms with van der Waals surface area (Å²) in [6.45, 7) is 19.8. The first kappa shape index (κ1) is 42.8. The minimum Gasteiger partial charge on any atom is -0.403 e. The summed E-state index contributed by atoms with van der Waals surface area (Å²) in [6.07, 6.45) is 11.5. The Morgan fingerprint density at radius 3 is 2.25 bits per heavy atom. The van der Waals surface area contributed by atoms with Crippen LogP contribution in [0.2, 0.25) is 0 Å².